The van der Waals surface area contributed by atoms with Gasteiger partial charge in [0.2, 0.25) is 5.95 Å². The van der Waals surface area contributed by atoms with Crippen LogP contribution in [-0.4, -0.2) is 19.7 Å². The Morgan fingerprint density at radius 1 is 1.30 bits per heavy atom. The zero-order valence-electron chi connectivity index (χ0n) is 10.5. The van der Waals surface area contributed by atoms with Crippen LogP contribution < -0.4 is 11.3 Å². The Balaban J connectivity index is 2.64. The van der Waals surface area contributed by atoms with E-state index in [1.54, 1.807) is 13.8 Å². The summed E-state index contributed by atoms with van der Waals surface area (Å²) in [5, 5.41) is 4.40. The largest absolute Gasteiger partial charge is 0.433 e. The number of hydrogen-bond donors (Lipinski definition) is 2. The Morgan fingerprint density at radius 2 is 1.95 bits per heavy atom. The van der Waals surface area contributed by atoms with Crippen molar-refractivity contribution >= 4 is 17.5 Å². The van der Waals surface area contributed by atoms with Crippen molar-refractivity contribution in [2.24, 2.45) is 5.84 Å². The number of hydrazine groups is 1. The SMILES string of the molecule is Cc1nn(-c2cc(C(F)(F)F)nc(NN)n2)c(C)c1Cl. The number of nitrogens with two attached hydrogens (primary N) is 1. The van der Waals surface area contributed by atoms with E-state index in [1.807, 2.05) is 5.43 Å². The molecule has 108 valence electrons. The van der Waals surface area contributed by atoms with Gasteiger partial charge in [0.05, 0.1) is 16.4 Å². The van der Waals surface area contributed by atoms with Crippen molar-refractivity contribution < 1.29 is 13.2 Å². The highest BCUT2D eigenvalue weighted by Gasteiger charge is 2.34. The molecule has 2 aromatic heterocycles. The Hall–Kier alpha value is -1.87. The first kappa shape index (κ1) is 14.5. The van der Waals surface area contributed by atoms with Crippen molar-refractivity contribution in [3.05, 3.63) is 28.2 Å². The smallest absolute Gasteiger partial charge is 0.292 e. The summed E-state index contributed by atoms with van der Waals surface area (Å²) in [6.07, 6.45) is -4.62. The van der Waals surface area contributed by atoms with Crippen molar-refractivity contribution in [2.75, 3.05) is 5.43 Å². The third-order valence-electron chi connectivity index (χ3n) is 2.55. The lowest BCUT2D eigenvalue weighted by atomic mass is 10.3. The molecule has 0 amide bonds. The molecule has 10 heteroatoms. The number of anilines is 1. The quantitative estimate of drug-likeness (QED) is 0.657. The average molecular weight is 307 g/mol. The van der Waals surface area contributed by atoms with Crippen LogP contribution >= 0.6 is 11.6 Å². The van der Waals surface area contributed by atoms with Gasteiger partial charge in [0.25, 0.3) is 0 Å². The molecule has 0 radical (unpaired) electrons. The number of nitrogen functional groups attached to an aromatic ring is 1. The number of aryl methyl sites for hydroxylation is 1. The summed E-state index contributed by atoms with van der Waals surface area (Å²) in [6.45, 7) is 3.26. The number of halogens is 4. The molecule has 2 rings (SSSR count). The second-order valence-corrected chi connectivity index (χ2v) is 4.35. The molecule has 0 bridgehead atoms. The van der Waals surface area contributed by atoms with E-state index < -0.39 is 11.9 Å². The number of aromatic nitrogens is 4. The lowest BCUT2D eigenvalue weighted by molar-refractivity contribution is -0.141. The van der Waals surface area contributed by atoms with Gasteiger partial charge in [0.1, 0.15) is 0 Å². The van der Waals surface area contributed by atoms with Crippen molar-refractivity contribution in [2.45, 2.75) is 20.0 Å². The molecule has 0 saturated carbocycles. The third kappa shape index (κ3) is 2.54. The number of hydrogen-bond acceptors (Lipinski definition) is 5. The third-order valence-corrected chi connectivity index (χ3v) is 3.10. The predicted molar refractivity (Wildman–Crippen MR) is 66.5 cm³/mol. The van der Waals surface area contributed by atoms with Crippen LogP contribution in [0.5, 0.6) is 0 Å². The Labute approximate surface area is 116 Å². The molecule has 3 N–H and O–H groups in total. The second kappa shape index (κ2) is 4.91. The van der Waals surface area contributed by atoms with Crippen LogP contribution in [0.25, 0.3) is 5.82 Å². The topological polar surface area (TPSA) is 81.7 Å². The summed E-state index contributed by atoms with van der Waals surface area (Å²) in [5.74, 6) is 4.65. The highest BCUT2D eigenvalue weighted by atomic mass is 35.5. The molecule has 0 spiro atoms. The van der Waals surface area contributed by atoms with Crippen molar-refractivity contribution in [3.8, 4) is 5.82 Å². The summed E-state index contributed by atoms with van der Waals surface area (Å²) in [4.78, 5) is 7.11. The van der Waals surface area contributed by atoms with E-state index in [0.717, 1.165) is 6.07 Å². The highest BCUT2D eigenvalue weighted by molar-refractivity contribution is 6.31. The molecule has 0 aliphatic carbocycles. The fourth-order valence-electron chi connectivity index (χ4n) is 1.60. The lowest BCUT2D eigenvalue weighted by Gasteiger charge is -2.10. The minimum atomic E-state index is -4.62. The van der Waals surface area contributed by atoms with Crippen LogP contribution in [0.4, 0.5) is 19.1 Å². The van der Waals surface area contributed by atoms with E-state index in [9.17, 15) is 13.2 Å². The molecule has 2 heterocycles. The molecule has 0 unspecified atom stereocenters. The molecule has 6 nitrogen and oxygen atoms in total. The Kier molecular flexibility index (Phi) is 3.57. The summed E-state index contributed by atoms with van der Waals surface area (Å²) in [6, 6.07) is 0.774. The minimum Gasteiger partial charge on any atom is -0.292 e. The number of rotatable bonds is 2. The lowest BCUT2D eigenvalue weighted by Crippen LogP contribution is -2.17. The normalized spacial score (nSPS) is 11.8. The van der Waals surface area contributed by atoms with Gasteiger partial charge < -0.3 is 0 Å². The molecular formula is C10H10ClF3N6. The van der Waals surface area contributed by atoms with Crippen LogP contribution in [0, 0.1) is 13.8 Å². The van der Waals surface area contributed by atoms with Crippen molar-refractivity contribution in [1.82, 2.24) is 19.7 Å². The van der Waals surface area contributed by atoms with Gasteiger partial charge in [-0.3, -0.25) is 5.43 Å². The molecule has 20 heavy (non-hydrogen) atoms. The highest BCUT2D eigenvalue weighted by Crippen LogP contribution is 2.30. The van der Waals surface area contributed by atoms with Crippen LogP contribution in [0.1, 0.15) is 17.1 Å². The van der Waals surface area contributed by atoms with Gasteiger partial charge in [-0.25, -0.2) is 15.5 Å². The molecular weight excluding hydrogens is 297 g/mol. The van der Waals surface area contributed by atoms with E-state index in [0.29, 0.717) is 16.4 Å². The Morgan fingerprint density at radius 3 is 2.40 bits per heavy atom. The van der Waals surface area contributed by atoms with Crippen LogP contribution in [0.2, 0.25) is 5.02 Å². The van der Waals surface area contributed by atoms with Crippen molar-refractivity contribution in [1.29, 1.82) is 0 Å². The Bertz CT molecular complexity index is 651. The van der Waals surface area contributed by atoms with Gasteiger partial charge in [-0.1, -0.05) is 11.6 Å². The number of nitrogens with zero attached hydrogens (tertiary/aromatic N) is 4. The minimum absolute atomic E-state index is 0.0761. The zero-order chi connectivity index (χ0) is 15.1. The standard InChI is InChI=1S/C10H10ClF3N6/c1-4-8(11)5(2)20(19-4)7-3-6(10(12,13)14)16-9(17-7)18-15/h3H,15H2,1-2H3,(H,16,17,18). The van der Waals surface area contributed by atoms with Gasteiger partial charge in [-0.2, -0.15) is 23.3 Å². The molecule has 0 aliphatic heterocycles. The van der Waals surface area contributed by atoms with E-state index in [-0.39, 0.29) is 11.8 Å². The van der Waals surface area contributed by atoms with Gasteiger partial charge >= 0.3 is 6.18 Å². The van der Waals surface area contributed by atoms with E-state index >= 15 is 0 Å². The summed E-state index contributed by atoms with van der Waals surface area (Å²) in [7, 11) is 0. The van der Waals surface area contributed by atoms with Gasteiger partial charge in [-0.15, -0.1) is 0 Å². The molecule has 0 fully saturated rings. The second-order valence-electron chi connectivity index (χ2n) is 3.97. The fraction of sp³-hybridized carbons (Fsp3) is 0.300. The van der Waals surface area contributed by atoms with Gasteiger partial charge in [0, 0.05) is 6.07 Å². The maximum Gasteiger partial charge on any atom is 0.433 e. The monoisotopic (exact) mass is 306 g/mol. The van der Waals surface area contributed by atoms with Crippen LogP contribution in [-0.2, 0) is 6.18 Å². The van der Waals surface area contributed by atoms with Gasteiger partial charge in [-0.05, 0) is 13.8 Å². The molecule has 0 saturated heterocycles. The van der Waals surface area contributed by atoms with E-state index in [1.165, 1.54) is 4.68 Å². The number of nitrogens with one attached hydrogen (secondary N) is 1. The summed E-state index contributed by atoms with van der Waals surface area (Å²) in [5.41, 5.74) is 1.82. The fourth-order valence-corrected chi connectivity index (χ4v) is 1.72. The van der Waals surface area contributed by atoms with E-state index in [2.05, 4.69) is 15.1 Å². The average Bonchev–Trinajstić information content (AvgIpc) is 2.65. The van der Waals surface area contributed by atoms with E-state index in [4.69, 9.17) is 17.4 Å². The van der Waals surface area contributed by atoms with Crippen LogP contribution in [0.3, 0.4) is 0 Å². The molecule has 0 atom stereocenters. The van der Waals surface area contributed by atoms with Gasteiger partial charge in [0.15, 0.2) is 11.5 Å². The maximum atomic E-state index is 12.8. The first-order valence-electron chi connectivity index (χ1n) is 5.39. The summed E-state index contributed by atoms with van der Waals surface area (Å²) < 4.78 is 39.5. The number of alkyl halides is 3. The zero-order valence-corrected chi connectivity index (χ0v) is 11.2. The molecule has 2 aromatic rings. The predicted octanol–water partition coefficient (Wildman–Crippen LogP) is 2.24. The maximum absolute atomic E-state index is 12.8. The van der Waals surface area contributed by atoms with Crippen LogP contribution in [0.15, 0.2) is 6.07 Å². The summed E-state index contributed by atoms with van der Waals surface area (Å²) >= 11 is 5.96. The van der Waals surface area contributed by atoms with Crippen molar-refractivity contribution in [3.63, 3.8) is 0 Å². The molecule has 0 aromatic carbocycles. The molecule has 0 aliphatic rings. The first-order chi connectivity index (χ1) is 9.24. The first-order valence-corrected chi connectivity index (χ1v) is 5.77.